The van der Waals surface area contributed by atoms with Crippen molar-refractivity contribution in [2.24, 2.45) is 0 Å². The molecule has 0 N–H and O–H groups in total. The highest BCUT2D eigenvalue weighted by molar-refractivity contribution is 5.52. The van der Waals surface area contributed by atoms with E-state index in [4.69, 9.17) is 0 Å². The minimum Gasteiger partial charge on any atom is -0.0816 e. The Bertz CT molecular complexity index is 384. The highest BCUT2D eigenvalue weighted by Crippen LogP contribution is 2.10. The first-order chi connectivity index (χ1) is 9.83. The zero-order valence-corrected chi connectivity index (χ0v) is 13.3. The van der Waals surface area contributed by atoms with Gasteiger partial charge in [-0.1, -0.05) is 99.6 Å². The Kier molecular flexibility index (Phi) is 9.65. The Balaban J connectivity index is 2.11. The van der Waals surface area contributed by atoms with E-state index in [0.717, 1.165) is 0 Å². The molecule has 0 heteroatoms. The lowest BCUT2D eigenvalue weighted by Gasteiger charge is -1.99. The number of benzene rings is 1. The zero-order chi connectivity index (χ0) is 14.5. The van der Waals surface area contributed by atoms with Crippen LogP contribution in [0.4, 0.5) is 0 Å². The number of hydrogen-bond acceptors (Lipinski definition) is 0. The molecule has 110 valence electrons. The number of unbranched alkanes of at least 4 members (excludes halogenated alkanes) is 7. The van der Waals surface area contributed by atoms with Crippen molar-refractivity contribution in [3.63, 3.8) is 0 Å². The van der Waals surface area contributed by atoms with Gasteiger partial charge in [0.05, 0.1) is 0 Å². The highest BCUT2D eigenvalue weighted by Gasteiger charge is 1.90. The molecule has 0 bridgehead atoms. The van der Waals surface area contributed by atoms with Crippen LogP contribution in [-0.2, 0) is 0 Å². The van der Waals surface area contributed by atoms with Crippen LogP contribution in [-0.4, -0.2) is 0 Å². The van der Waals surface area contributed by atoms with Crippen molar-refractivity contribution < 1.29 is 0 Å². The van der Waals surface area contributed by atoms with E-state index in [9.17, 15) is 0 Å². The summed E-state index contributed by atoms with van der Waals surface area (Å²) in [5.74, 6) is 0. The normalized spacial score (nSPS) is 12.2. The largest absolute Gasteiger partial charge is 0.0816 e. The first-order valence-electron chi connectivity index (χ1n) is 8.23. The summed E-state index contributed by atoms with van der Waals surface area (Å²) >= 11 is 0. The van der Waals surface area contributed by atoms with Crippen molar-refractivity contribution in [1.82, 2.24) is 0 Å². The fraction of sp³-hybridized carbons (Fsp3) is 0.500. The van der Waals surface area contributed by atoms with Crippen LogP contribution in [0.2, 0.25) is 0 Å². The summed E-state index contributed by atoms with van der Waals surface area (Å²) in [6.07, 6.45) is 17.7. The third-order valence-electron chi connectivity index (χ3n) is 3.61. The van der Waals surface area contributed by atoms with Gasteiger partial charge in [-0.05, 0) is 25.3 Å². The fourth-order valence-corrected chi connectivity index (χ4v) is 2.29. The van der Waals surface area contributed by atoms with Crippen LogP contribution >= 0.6 is 0 Å². The molecule has 0 saturated heterocycles. The highest BCUT2D eigenvalue weighted by atomic mass is 14.0. The molecule has 1 rings (SSSR count). The van der Waals surface area contributed by atoms with Gasteiger partial charge in [-0.2, -0.15) is 0 Å². The Hall–Kier alpha value is -1.30. The predicted molar refractivity (Wildman–Crippen MR) is 91.8 cm³/mol. The second-order valence-corrected chi connectivity index (χ2v) is 5.60. The summed E-state index contributed by atoms with van der Waals surface area (Å²) in [4.78, 5) is 0. The molecule has 0 aliphatic heterocycles. The van der Waals surface area contributed by atoms with Crippen molar-refractivity contribution in [1.29, 1.82) is 0 Å². The van der Waals surface area contributed by atoms with Crippen molar-refractivity contribution in [3.05, 3.63) is 53.6 Å². The van der Waals surface area contributed by atoms with Gasteiger partial charge < -0.3 is 0 Å². The predicted octanol–water partition coefficient (Wildman–Crippen LogP) is 6.79. The lowest BCUT2D eigenvalue weighted by atomic mass is 10.1. The van der Waals surface area contributed by atoms with Gasteiger partial charge in [-0.15, -0.1) is 0 Å². The van der Waals surface area contributed by atoms with Crippen molar-refractivity contribution >= 4 is 6.08 Å². The van der Waals surface area contributed by atoms with Crippen LogP contribution in [0.3, 0.4) is 0 Å². The summed E-state index contributed by atoms with van der Waals surface area (Å²) in [7, 11) is 0. The summed E-state index contributed by atoms with van der Waals surface area (Å²) in [6.45, 7) is 4.47. The van der Waals surface area contributed by atoms with Gasteiger partial charge in [0.1, 0.15) is 0 Å². The molecule has 0 aliphatic carbocycles. The van der Waals surface area contributed by atoms with Gasteiger partial charge in [0.15, 0.2) is 0 Å². The molecular weight excluding hydrogens is 240 g/mol. The first-order valence-corrected chi connectivity index (χ1v) is 8.23. The second-order valence-electron chi connectivity index (χ2n) is 5.60. The van der Waals surface area contributed by atoms with E-state index >= 15 is 0 Å². The molecule has 1 aromatic rings. The van der Waals surface area contributed by atoms with Crippen LogP contribution in [0.5, 0.6) is 0 Å². The average molecular weight is 270 g/mol. The summed E-state index contributed by atoms with van der Waals surface area (Å²) in [5, 5.41) is 0. The third-order valence-corrected chi connectivity index (χ3v) is 3.61. The zero-order valence-electron chi connectivity index (χ0n) is 13.3. The first kappa shape index (κ1) is 16.8. The molecule has 0 atom stereocenters. The van der Waals surface area contributed by atoms with E-state index in [1.165, 1.54) is 62.5 Å². The molecule has 0 saturated carbocycles. The number of rotatable bonds is 10. The molecule has 1 aromatic carbocycles. The molecule has 0 aliphatic rings. The lowest BCUT2D eigenvalue weighted by molar-refractivity contribution is 0.592. The van der Waals surface area contributed by atoms with Crippen molar-refractivity contribution in [2.75, 3.05) is 0 Å². The Morgan fingerprint density at radius 3 is 2.25 bits per heavy atom. The number of hydrogen-bond donors (Lipinski definition) is 0. The summed E-state index contributed by atoms with van der Waals surface area (Å²) in [5.41, 5.74) is 2.65. The maximum absolute atomic E-state index is 2.37. The van der Waals surface area contributed by atoms with E-state index < -0.39 is 0 Å². The molecule has 0 spiro atoms. The van der Waals surface area contributed by atoms with E-state index in [0.29, 0.717) is 0 Å². The molecule has 0 aromatic heterocycles. The molecule has 0 amide bonds. The van der Waals surface area contributed by atoms with Crippen LogP contribution in [0, 0.1) is 0 Å². The molecule has 0 radical (unpaired) electrons. The van der Waals surface area contributed by atoms with Gasteiger partial charge in [-0.25, -0.2) is 0 Å². The molecule has 0 heterocycles. The van der Waals surface area contributed by atoms with E-state index in [1.807, 2.05) is 0 Å². The van der Waals surface area contributed by atoms with Gasteiger partial charge in [0, 0.05) is 0 Å². The summed E-state index contributed by atoms with van der Waals surface area (Å²) in [6, 6.07) is 10.5. The smallest absolute Gasteiger partial charge is 0.0257 e. The molecule has 0 fully saturated rings. The van der Waals surface area contributed by atoms with Crippen LogP contribution < -0.4 is 0 Å². The van der Waals surface area contributed by atoms with Crippen LogP contribution in [0.1, 0.15) is 70.8 Å². The average Bonchev–Trinajstić information content (AvgIpc) is 2.49. The maximum Gasteiger partial charge on any atom is -0.0257 e. The van der Waals surface area contributed by atoms with Gasteiger partial charge in [0.2, 0.25) is 0 Å². The minimum absolute atomic E-state index is 1.22. The Morgan fingerprint density at radius 1 is 0.900 bits per heavy atom. The molecule has 0 unspecified atom stereocenters. The second kappa shape index (κ2) is 11.5. The topological polar surface area (TPSA) is 0 Å². The third kappa shape index (κ3) is 8.74. The van der Waals surface area contributed by atoms with Crippen LogP contribution in [0.25, 0.3) is 6.08 Å². The van der Waals surface area contributed by atoms with Crippen molar-refractivity contribution in [2.45, 2.75) is 65.2 Å². The maximum atomic E-state index is 2.37. The Morgan fingerprint density at radius 2 is 1.55 bits per heavy atom. The monoisotopic (exact) mass is 270 g/mol. The van der Waals surface area contributed by atoms with Gasteiger partial charge in [-0.3, -0.25) is 0 Å². The molecular formula is C20H30. The van der Waals surface area contributed by atoms with Gasteiger partial charge >= 0.3 is 0 Å². The quantitative estimate of drug-likeness (QED) is 0.324. The fourth-order valence-electron chi connectivity index (χ4n) is 2.29. The van der Waals surface area contributed by atoms with E-state index in [2.05, 4.69) is 62.4 Å². The van der Waals surface area contributed by atoms with Gasteiger partial charge in [0.25, 0.3) is 0 Å². The Labute approximate surface area is 125 Å². The summed E-state index contributed by atoms with van der Waals surface area (Å²) < 4.78 is 0. The van der Waals surface area contributed by atoms with Crippen LogP contribution in [0.15, 0.2) is 48.1 Å². The number of allylic oxidation sites excluding steroid dienone is 3. The molecule has 20 heavy (non-hydrogen) atoms. The molecule has 0 nitrogen and oxygen atoms in total. The SMILES string of the molecule is CCCCCCCCC/C=C(C)\C=C\c1ccccc1. The van der Waals surface area contributed by atoms with Crippen molar-refractivity contribution in [3.8, 4) is 0 Å². The standard InChI is InChI=1S/C20H30/c1-3-4-5-6-7-8-9-11-14-19(2)17-18-20-15-12-10-13-16-20/h10,12-18H,3-9,11H2,1-2H3/b18-17+,19-14-. The minimum atomic E-state index is 1.22. The van der Waals surface area contributed by atoms with E-state index in [1.54, 1.807) is 0 Å². The van der Waals surface area contributed by atoms with E-state index in [-0.39, 0.29) is 0 Å². The lowest BCUT2D eigenvalue weighted by Crippen LogP contribution is -1.79.